The summed E-state index contributed by atoms with van der Waals surface area (Å²) in [6.07, 6.45) is 7.45. The fourth-order valence-electron chi connectivity index (χ4n) is 4.69. The Labute approximate surface area is 192 Å². The van der Waals surface area contributed by atoms with E-state index in [4.69, 9.17) is 9.47 Å². The highest BCUT2D eigenvalue weighted by molar-refractivity contribution is 5.67. The molecule has 2 aliphatic rings. The van der Waals surface area contributed by atoms with Crippen LogP contribution in [-0.2, 0) is 11.3 Å². The molecule has 1 aliphatic carbocycles. The molecule has 3 aromatic rings. The number of benzene rings is 1. The van der Waals surface area contributed by atoms with Gasteiger partial charge in [0.2, 0.25) is 5.88 Å². The van der Waals surface area contributed by atoms with Crippen molar-refractivity contribution in [3.05, 3.63) is 60.6 Å². The van der Waals surface area contributed by atoms with Gasteiger partial charge in [0.1, 0.15) is 12.9 Å². The van der Waals surface area contributed by atoms with Crippen LogP contribution in [0.3, 0.4) is 0 Å². The van der Waals surface area contributed by atoms with Crippen molar-refractivity contribution < 1.29 is 14.3 Å². The summed E-state index contributed by atoms with van der Waals surface area (Å²) in [6, 6.07) is 13.5. The number of amides is 1. The van der Waals surface area contributed by atoms with E-state index in [-0.39, 0.29) is 6.09 Å². The Morgan fingerprint density at radius 2 is 1.94 bits per heavy atom. The van der Waals surface area contributed by atoms with Crippen molar-refractivity contribution in [3.8, 4) is 11.6 Å². The standard InChI is InChI=1S/C24H28N6O3/c31-24(33-16-18-4-2-1-3-5-18)29-11-8-19(9-12-29)22-14-20(22)10-13-32-23-7-6-21(15-25-23)30-17-26-27-28-30/h1-7,15,17,19-20,22H,8-14,16H2/t20-,22-/m1/s1. The van der Waals surface area contributed by atoms with Crippen molar-refractivity contribution in [1.82, 2.24) is 30.1 Å². The van der Waals surface area contributed by atoms with Gasteiger partial charge in [-0.3, -0.25) is 0 Å². The SMILES string of the molecule is O=C(OCc1ccccc1)N1CCC([C@H]2C[C@H]2CCOc2ccc(-n3cnnn3)cn2)CC1. The molecule has 1 aromatic carbocycles. The van der Waals surface area contributed by atoms with Gasteiger partial charge in [-0.2, -0.15) is 4.68 Å². The van der Waals surface area contributed by atoms with E-state index in [9.17, 15) is 4.79 Å². The summed E-state index contributed by atoms with van der Waals surface area (Å²) in [5.74, 6) is 2.78. The Balaban J connectivity index is 0.986. The largest absolute Gasteiger partial charge is 0.478 e. The third-order valence-corrected chi connectivity index (χ3v) is 6.66. The molecular weight excluding hydrogens is 420 g/mol. The highest BCUT2D eigenvalue weighted by Crippen LogP contribution is 2.49. The molecule has 1 amide bonds. The molecule has 0 radical (unpaired) electrons. The Bertz CT molecular complexity index is 1020. The predicted molar refractivity (Wildman–Crippen MR) is 120 cm³/mol. The highest BCUT2D eigenvalue weighted by Gasteiger charge is 2.43. The highest BCUT2D eigenvalue weighted by atomic mass is 16.6. The van der Waals surface area contributed by atoms with Crippen LogP contribution in [0.2, 0.25) is 0 Å². The second-order valence-corrected chi connectivity index (χ2v) is 8.77. The van der Waals surface area contributed by atoms with E-state index in [0.717, 1.165) is 49.5 Å². The van der Waals surface area contributed by atoms with E-state index in [0.29, 0.717) is 30.9 Å². The monoisotopic (exact) mass is 448 g/mol. The number of pyridine rings is 1. The van der Waals surface area contributed by atoms with Gasteiger partial charge in [0.05, 0.1) is 18.5 Å². The summed E-state index contributed by atoms with van der Waals surface area (Å²) < 4.78 is 12.9. The number of nitrogens with zero attached hydrogens (tertiary/aromatic N) is 6. The second-order valence-electron chi connectivity index (χ2n) is 8.77. The summed E-state index contributed by atoms with van der Waals surface area (Å²) in [5, 5.41) is 11.1. The van der Waals surface area contributed by atoms with Gasteiger partial charge in [-0.05, 0) is 65.5 Å². The van der Waals surface area contributed by atoms with Crippen molar-refractivity contribution in [2.24, 2.45) is 17.8 Å². The fraction of sp³-hybridized carbons (Fsp3) is 0.458. The Hall–Kier alpha value is -3.49. The number of ether oxygens (including phenoxy) is 2. The van der Waals surface area contributed by atoms with Crippen LogP contribution < -0.4 is 4.74 Å². The van der Waals surface area contributed by atoms with Gasteiger partial charge in [0.25, 0.3) is 0 Å². The van der Waals surface area contributed by atoms with E-state index in [1.165, 1.54) is 12.7 Å². The number of likely N-dealkylation sites (tertiary alicyclic amines) is 1. The van der Waals surface area contributed by atoms with Crippen LogP contribution >= 0.6 is 0 Å². The van der Waals surface area contributed by atoms with Gasteiger partial charge in [0.15, 0.2) is 0 Å². The fourth-order valence-corrected chi connectivity index (χ4v) is 4.69. The second kappa shape index (κ2) is 9.97. The van der Waals surface area contributed by atoms with Crippen molar-refractivity contribution in [1.29, 1.82) is 0 Å². The first kappa shape index (κ1) is 21.4. The molecule has 2 atom stereocenters. The lowest BCUT2D eigenvalue weighted by Crippen LogP contribution is -2.39. The first-order valence-corrected chi connectivity index (χ1v) is 11.5. The number of tetrazole rings is 1. The lowest BCUT2D eigenvalue weighted by Gasteiger charge is -2.31. The third kappa shape index (κ3) is 5.47. The van der Waals surface area contributed by atoms with Crippen molar-refractivity contribution >= 4 is 6.09 Å². The van der Waals surface area contributed by atoms with E-state index in [1.54, 1.807) is 10.9 Å². The van der Waals surface area contributed by atoms with Crippen LogP contribution in [0.4, 0.5) is 4.79 Å². The topological polar surface area (TPSA) is 95.3 Å². The molecule has 0 spiro atoms. The average molecular weight is 449 g/mol. The van der Waals surface area contributed by atoms with Gasteiger partial charge in [-0.25, -0.2) is 9.78 Å². The quantitative estimate of drug-likeness (QED) is 0.520. The molecule has 33 heavy (non-hydrogen) atoms. The minimum Gasteiger partial charge on any atom is -0.478 e. The summed E-state index contributed by atoms with van der Waals surface area (Å²) in [7, 11) is 0. The van der Waals surface area contributed by atoms with Crippen LogP contribution in [0, 0.1) is 17.8 Å². The maximum atomic E-state index is 12.4. The number of rotatable bonds is 8. The van der Waals surface area contributed by atoms with Gasteiger partial charge in [-0.15, -0.1) is 5.10 Å². The molecule has 172 valence electrons. The van der Waals surface area contributed by atoms with Crippen LogP contribution in [0.5, 0.6) is 5.88 Å². The van der Waals surface area contributed by atoms with E-state index in [2.05, 4.69) is 20.5 Å². The van der Waals surface area contributed by atoms with Gasteiger partial charge >= 0.3 is 6.09 Å². The van der Waals surface area contributed by atoms with Crippen LogP contribution in [-0.4, -0.2) is 55.9 Å². The Morgan fingerprint density at radius 1 is 1.09 bits per heavy atom. The zero-order valence-corrected chi connectivity index (χ0v) is 18.5. The molecule has 2 aromatic heterocycles. The smallest absolute Gasteiger partial charge is 0.410 e. The molecule has 0 N–H and O–H groups in total. The van der Waals surface area contributed by atoms with Crippen molar-refractivity contribution in [2.45, 2.75) is 32.3 Å². The summed E-state index contributed by atoms with van der Waals surface area (Å²) in [4.78, 5) is 18.5. The predicted octanol–water partition coefficient (Wildman–Crippen LogP) is 3.51. The molecule has 9 heteroatoms. The number of carbonyl (C=O) groups excluding carboxylic acids is 1. The number of hydrogen-bond donors (Lipinski definition) is 0. The molecule has 1 aliphatic heterocycles. The molecule has 1 saturated carbocycles. The number of aromatic nitrogens is 5. The Kier molecular flexibility index (Phi) is 6.46. The molecule has 0 unspecified atom stereocenters. The molecule has 1 saturated heterocycles. The number of carbonyl (C=O) groups is 1. The third-order valence-electron chi connectivity index (χ3n) is 6.66. The van der Waals surface area contributed by atoms with Crippen LogP contribution in [0.25, 0.3) is 5.69 Å². The zero-order valence-electron chi connectivity index (χ0n) is 18.5. The maximum absolute atomic E-state index is 12.4. The van der Waals surface area contributed by atoms with Crippen LogP contribution in [0.15, 0.2) is 55.0 Å². The van der Waals surface area contributed by atoms with E-state index in [1.807, 2.05) is 47.4 Å². The summed E-state index contributed by atoms with van der Waals surface area (Å²) >= 11 is 0. The summed E-state index contributed by atoms with van der Waals surface area (Å²) in [5.41, 5.74) is 1.81. The molecule has 9 nitrogen and oxygen atoms in total. The lowest BCUT2D eigenvalue weighted by molar-refractivity contribution is 0.0796. The molecule has 5 rings (SSSR count). The first-order chi connectivity index (χ1) is 16.3. The first-order valence-electron chi connectivity index (χ1n) is 11.5. The van der Waals surface area contributed by atoms with E-state index < -0.39 is 0 Å². The minimum absolute atomic E-state index is 0.198. The number of hydrogen-bond acceptors (Lipinski definition) is 7. The number of piperidine rings is 1. The normalized spacial score (nSPS) is 20.4. The lowest BCUT2D eigenvalue weighted by atomic mass is 9.91. The maximum Gasteiger partial charge on any atom is 0.410 e. The average Bonchev–Trinajstić information content (AvgIpc) is 3.42. The zero-order chi connectivity index (χ0) is 22.5. The van der Waals surface area contributed by atoms with Crippen LogP contribution in [0.1, 0.15) is 31.2 Å². The Morgan fingerprint density at radius 3 is 2.67 bits per heavy atom. The van der Waals surface area contributed by atoms with Crippen molar-refractivity contribution in [3.63, 3.8) is 0 Å². The summed E-state index contributed by atoms with van der Waals surface area (Å²) in [6.45, 7) is 2.58. The molecule has 2 fully saturated rings. The molecule has 0 bridgehead atoms. The van der Waals surface area contributed by atoms with Gasteiger partial charge < -0.3 is 14.4 Å². The van der Waals surface area contributed by atoms with E-state index >= 15 is 0 Å². The molecular formula is C24H28N6O3. The minimum atomic E-state index is -0.198. The van der Waals surface area contributed by atoms with Crippen molar-refractivity contribution in [2.75, 3.05) is 19.7 Å². The van der Waals surface area contributed by atoms with Gasteiger partial charge in [-0.1, -0.05) is 30.3 Å². The molecule has 3 heterocycles. The van der Waals surface area contributed by atoms with Gasteiger partial charge in [0, 0.05) is 19.2 Å².